The largest absolute Gasteiger partial charge is 0.438 e. The SMILES string of the molecule is CCCCC(=O)OCOP(N)(=O)OCc1ccccc1. The quantitative estimate of drug-likeness (QED) is 0.428. The van der Waals surface area contributed by atoms with Gasteiger partial charge in [0.15, 0.2) is 0 Å². The summed E-state index contributed by atoms with van der Waals surface area (Å²) in [6.45, 7) is 1.57. The lowest BCUT2D eigenvalue weighted by Crippen LogP contribution is -2.11. The van der Waals surface area contributed by atoms with E-state index in [-0.39, 0.29) is 6.61 Å². The van der Waals surface area contributed by atoms with E-state index in [9.17, 15) is 9.36 Å². The van der Waals surface area contributed by atoms with Gasteiger partial charge in [0, 0.05) is 6.42 Å². The first-order valence-electron chi connectivity index (χ1n) is 6.41. The summed E-state index contributed by atoms with van der Waals surface area (Å²) in [5, 5.41) is 0. The van der Waals surface area contributed by atoms with Crippen molar-refractivity contribution in [1.82, 2.24) is 0 Å². The minimum Gasteiger partial charge on any atom is -0.438 e. The molecule has 1 aromatic rings. The minimum atomic E-state index is -3.72. The number of benzene rings is 1. The maximum atomic E-state index is 11.7. The molecule has 7 heteroatoms. The average molecular weight is 301 g/mol. The second-order valence-corrected chi connectivity index (χ2v) is 5.76. The zero-order chi connectivity index (χ0) is 14.8. The van der Waals surface area contributed by atoms with Gasteiger partial charge in [0.2, 0.25) is 6.79 Å². The van der Waals surface area contributed by atoms with Crippen LogP contribution < -0.4 is 5.50 Å². The Kier molecular flexibility index (Phi) is 7.47. The molecule has 2 N–H and O–H groups in total. The lowest BCUT2D eigenvalue weighted by atomic mass is 10.2. The van der Waals surface area contributed by atoms with E-state index in [1.807, 2.05) is 37.3 Å². The van der Waals surface area contributed by atoms with E-state index in [0.29, 0.717) is 6.42 Å². The topological polar surface area (TPSA) is 87.9 Å². The average Bonchev–Trinajstić information content (AvgIpc) is 2.44. The molecule has 1 rings (SSSR count). The molecule has 0 aromatic heterocycles. The molecule has 0 aliphatic rings. The van der Waals surface area contributed by atoms with Crippen LogP contribution in [0.5, 0.6) is 0 Å². The second-order valence-electron chi connectivity index (χ2n) is 4.17. The molecule has 0 saturated carbocycles. The van der Waals surface area contributed by atoms with Crippen LogP contribution in [0.2, 0.25) is 0 Å². The predicted octanol–water partition coefficient (Wildman–Crippen LogP) is 2.98. The van der Waals surface area contributed by atoms with Crippen LogP contribution in [0, 0.1) is 0 Å². The van der Waals surface area contributed by atoms with Crippen LogP contribution >= 0.6 is 7.75 Å². The molecule has 1 aromatic carbocycles. The fraction of sp³-hybridized carbons (Fsp3) is 0.462. The molecule has 0 amide bonds. The standard InChI is InChI=1S/C13H20NO5P/c1-2-3-9-13(15)17-11-19-20(14,16)18-10-12-7-5-4-6-8-12/h4-8H,2-3,9-11H2,1H3,(H2,14,16). The first-order valence-corrected chi connectivity index (χ1v) is 8.02. The zero-order valence-corrected chi connectivity index (χ0v) is 12.4. The van der Waals surface area contributed by atoms with Gasteiger partial charge in [-0.1, -0.05) is 43.7 Å². The Morgan fingerprint density at radius 3 is 2.60 bits per heavy atom. The summed E-state index contributed by atoms with van der Waals surface area (Å²) in [5.74, 6) is -0.407. The number of ether oxygens (including phenoxy) is 1. The maximum Gasteiger partial charge on any atom is 0.406 e. The molecule has 0 radical (unpaired) electrons. The molecule has 20 heavy (non-hydrogen) atoms. The molecule has 0 bridgehead atoms. The molecule has 1 atom stereocenters. The number of hydrogen-bond donors (Lipinski definition) is 1. The van der Waals surface area contributed by atoms with Crippen molar-refractivity contribution < 1.29 is 23.1 Å². The van der Waals surface area contributed by atoms with Crippen LogP contribution in [0.4, 0.5) is 0 Å². The van der Waals surface area contributed by atoms with Gasteiger partial charge in [-0.3, -0.25) is 13.8 Å². The Bertz CT molecular complexity index is 451. The van der Waals surface area contributed by atoms with Crippen molar-refractivity contribution in [1.29, 1.82) is 0 Å². The van der Waals surface area contributed by atoms with E-state index >= 15 is 0 Å². The molecule has 0 saturated heterocycles. The molecule has 112 valence electrons. The summed E-state index contributed by atoms with van der Waals surface area (Å²) in [5.41, 5.74) is 6.19. The van der Waals surface area contributed by atoms with E-state index in [1.54, 1.807) is 0 Å². The van der Waals surface area contributed by atoms with Gasteiger partial charge in [-0.05, 0) is 12.0 Å². The van der Waals surface area contributed by atoms with E-state index < -0.39 is 20.5 Å². The van der Waals surface area contributed by atoms with Gasteiger partial charge < -0.3 is 4.74 Å². The van der Waals surface area contributed by atoms with Crippen molar-refractivity contribution in [2.45, 2.75) is 32.8 Å². The van der Waals surface area contributed by atoms with Crippen LogP contribution in [-0.4, -0.2) is 12.8 Å². The lowest BCUT2D eigenvalue weighted by Gasteiger charge is -2.13. The van der Waals surface area contributed by atoms with E-state index in [0.717, 1.165) is 18.4 Å². The third kappa shape index (κ3) is 7.40. The van der Waals surface area contributed by atoms with Crippen molar-refractivity contribution in [2.24, 2.45) is 5.50 Å². The Labute approximate surface area is 118 Å². The van der Waals surface area contributed by atoms with Crippen LogP contribution in [0.1, 0.15) is 31.7 Å². The van der Waals surface area contributed by atoms with Gasteiger partial charge in [-0.25, -0.2) is 10.1 Å². The minimum absolute atomic E-state index is 0.0679. The Morgan fingerprint density at radius 2 is 1.95 bits per heavy atom. The monoisotopic (exact) mass is 301 g/mol. The Balaban J connectivity index is 2.24. The smallest absolute Gasteiger partial charge is 0.406 e. The Hall–Kier alpha value is -1.20. The number of carbonyl (C=O) groups excluding carboxylic acids is 1. The molecule has 0 heterocycles. The highest BCUT2D eigenvalue weighted by molar-refractivity contribution is 7.51. The van der Waals surface area contributed by atoms with Crippen LogP contribution in [0.15, 0.2) is 30.3 Å². The molecular formula is C13H20NO5P. The number of carbonyl (C=O) groups is 1. The number of nitrogens with two attached hydrogens (primary N) is 1. The number of unbranched alkanes of at least 4 members (excludes halogenated alkanes) is 1. The number of rotatable bonds is 9. The first kappa shape index (κ1) is 16.9. The van der Waals surface area contributed by atoms with Crippen LogP contribution in [-0.2, 0) is 29.8 Å². The third-order valence-corrected chi connectivity index (χ3v) is 3.40. The predicted molar refractivity (Wildman–Crippen MR) is 74.6 cm³/mol. The molecule has 1 unspecified atom stereocenters. The molecule has 0 aliphatic heterocycles. The highest BCUT2D eigenvalue weighted by Crippen LogP contribution is 2.39. The van der Waals surface area contributed by atoms with Crippen LogP contribution in [0.3, 0.4) is 0 Å². The molecule has 0 aliphatic carbocycles. The highest BCUT2D eigenvalue weighted by atomic mass is 31.2. The summed E-state index contributed by atoms with van der Waals surface area (Å²) < 4.78 is 26.2. The summed E-state index contributed by atoms with van der Waals surface area (Å²) in [4.78, 5) is 11.2. The Morgan fingerprint density at radius 1 is 1.25 bits per heavy atom. The van der Waals surface area contributed by atoms with Gasteiger partial charge in [-0.15, -0.1) is 0 Å². The fourth-order valence-electron chi connectivity index (χ4n) is 1.33. The zero-order valence-electron chi connectivity index (χ0n) is 11.5. The second kappa shape index (κ2) is 8.87. The van der Waals surface area contributed by atoms with Gasteiger partial charge in [0.25, 0.3) is 0 Å². The summed E-state index contributed by atoms with van der Waals surface area (Å²) in [7, 11) is -3.72. The van der Waals surface area contributed by atoms with Crippen LogP contribution in [0.25, 0.3) is 0 Å². The molecular weight excluding hydrogens is 281 g/mol. The molecule has 0 spiro atoms. The third-order valence-electron chi connectivity index (χ3n) is 2.44. The molecule has 0 fully saturated rings. The van der Waals surface area contributed by atoms with Crippen molar-refractivity contribution in [2.75, 3.05) is 6.79 Å². The van der Waals surface area contributed by atoms with Crippen molar-refractivity contribution in [3.8, 4) is 0 Å². The normalized spacial score (nSPS) is 13.7. The fourth-order valence-corrected chi connectivity index (χ4v) is 1.94. The van der Waals surface area contributed by atoms with Gasteiger partial charge in [0.1, 0.15) is 0 Å². The lowest BCUT2D eigenvalue weighted by molar-refractivity contribution is -0.150. The summed E-state index contributed by atoms with van der Waals surface area (Å²) in [6.07, 6.45) is 1.94. The highest BCUT2D eigenvalue weighted by Gasteiger charge is 2.19. The maximum absolute atomic E-state index is 11.7. The van der Waals surface area contributed by atoms with E-state index in [1.165, 1.54) is 0 Å². The summed E-state index contributed by atoms with van der Waals surface area (Å²) in [6, 6.07) is 9.14. The summed E-state index contributed by atoms with van der Waals surface area (Å²) >= 11 is 0. The number of hydrogen-bond acceptors (Lipinski definition) is 5. The van der Waals surface area contributed by atoms with E-state index in [2.05, 4.69) is 0 Å². The van der Waals surface area contributed by atoms with Gasteiger partial charge in [0.05, 0.1) is 6.61 Å². The van der Waals surface area contributed by atoms with Gasteiger partial charge >= 0.3 is 13.7 Å². The van der Waals surface area contributed by atoms with Crippen molar-refractivity contribution >= 4 is 13.7 Å². The number of esters is 1. The van der Waals surface area contributed by atoms with Crippen molar-refractivity contribution in [3.05, 3.63) is 35.9 Å². The van der Waals surface area contributed by atoms with E-state index in [4.69, 9.17) is 19.3 Å². The van der Waals surface area contributed by atoms with Gasteiger partial charge in [-0.2, -0.15) is 0 Å². The molecule has 6 nitrogen and oxygen atoms in total. The first-order chi connectivity index (χ1) is 9.53. The van der Waals surface area contributed by atoms with Crippen molar-refractivity contribution in [3.63, 3.8) is 0 Å².